The van der Waals surface area contributed by atoms with E-state index < -0.39 is 11.2 Å². The molecule has 5 saturated carbocycles. The van der Waals surface area contributed by atoms with Gasteiger partial charge in [0.15, 0.2) is 5.60 Å². The van der Waals surface area contributed by atoms with Gasteiger partial charge in [0.25, 0.3) is 0 Å². The first kappa shape index (κ1) is 23.4. The number of carbonyl (C=O) groups excluding carboxylic acids is 1. The SMILES string of the molecule is CCN1C[C@]2(C)CC[C@H](OC)[C@@]34[C@@H]5C[C@H]6[C@H](OC)[C@@H]5[C@@]5(C[C@@H]6OC)OCO[C@]5([C@@H](OC(C)=O)[C@H]23)[C@@H]14. The number of piperidine rings is 1. The van der Waals surface area contributed by atoms with Gasteiger partial charge in [-0.05, 0) is 37.1 Å². The predicted molar refractivity (Wildman–Crippen MR) is 124 cm³/mol. The molecule has 7 fully saturated rings. The maximum absolute atomic E-state index is 12.8. The zero-order valence-electron chi connectivity index (χ0n) is 22.0. The third-order valence-corrected chi connectivity index (χ3v) is 12.1. The van der Waals surface area contributed by atoms with Crippen LogP contribution in [0.15, 0.2) is 0 Å². The van der Waals surface area contributed by atoms with Crippen LogP contribution in [0.2, 0.25) is 0 Å². The Morgan fingerprint density at radius 1 is 1.14 bits per heavy atom. The Balaban J connectivity index is 1.57. The first-order valence-electron chi connectivity index (χ1n) is 13.6. The van der Waals surface area contributed by atoms with Crippen molar-refractivity contribution in [2.45, 2.75) is 88.1 Å². The van der Waals surface area contributed by atoms with E-state index in [1.54, 1.807) is 6.92 Å². The molecule has 0 aromatic carbocycles. The minimum Gasteiger partial charge on any atom is -0.459 e. The van der Waals surface area contributed by atoms with Gasteiger partial charge in [0.1, 0.15) is 18.5 Å². The van der Waals surface area contributed by atoms with Crippen molar-refractivity contribution < 1.29 is 33.2 Å². The summed E-state index contributed by atoms with van der Waals surface area (Å²) in [6, 6.07) is 0.0586. The predicted octanol–water partition coefficient (Wildman–Crippen LogP) is 2.24. The molecule has 3 spiro atoms. The number of hydrogen-bond acceptors (Lipinski definition) is 8. The van der Waals surface area contributed by atoms with Crippen LogP contribution in [0.1, 0.15) is 46.5 Å². The molecule has 8 nitrogen and oxygen atoms in total. The Morgan fingerprint density at radius 3 is 2.60 bits per heavy atom. The highest BCUT2D eigenvalue weighted by atomic mass is 16.7. The van der Waals surface area contributed by atoms with Gasteiger partial charge in [-0.15, -0.1) is 0 Å². The van der Waals surface area contributed by atoms with Crippen molar-refractivity contribution in [1.29, 1.82) is 0 Å². The van der Waals surface area contributed by atoms with Crippen LogP contribution in [0.5, 0.6) is 0 Å². The fraction of sp³-hybridized carbons (Fsp3) is 0.963. The second-order valence-electron chi connectivity index (χ2n) is 12.7. The lowest BCUT2D eigenvalue weighted by Gasteiger charge is -2.69. The van der Waals surface area contributed by atoms with Crippen LogP contribution in [-0.4, -0.2) is 93.7 Å². The summed E-state index contributed by atoms with van der Waals surface area (Å²) < 4.78 is 39.2. The molecule has 196 valence electrons. The Labute approximate surface area is 208 Å². The molecule has 13 atom stereocenters. The number of fused-ring (bicyclic) bond motifs is 1. The summed E-state index contributed by atoms with van der Waals surface area (Å²) in [6.07, 6.45) is 3.57. The van der Waals surface area contributed by atoms with Gasteiger partial charge in [0.2, 0.25) is 0 Å². The summed E-state index contributed by atoms with van der Waals surface area (Å²) in [4.78, 5) is 15.4. The summed E-state index contributed by atoms with van der Waals surface area (Å²) in [5.41, 5.74) is -1.61. The molecule has 0 unspecified atom stereocenters. The van der Waals surface area contributed by atoms with Gasteiger partial charge in [0, 0.05) is 64.4 Å². The van der Waals surface area contributed by atoms with Gasteiger partial charge >= 0.3 is 5.97 Å². The number of ether oxygens (including phenoxy) is 6. The lowest BCUT2D eigenvalue weighted by atomic mass is 9.43. The van der Waals surface area contributed by atoms with Crippen LogP contribution in [-0.2, 0) is 33.2 Å². The first-order valence-corrected chi connectivity index (χ1v) is 13.6. The molecule has 0 N–H and O–H groups in total. The van der Waals surface area contributed by atoms with Crippen molar-refractivity contribution in [1.82, 2.24) is 4.90 Å². The average molecular weight is 492 g/mol. The Morgan fingerprint density at radius 2 is 1.94 bits per heavy atom. The molecule has 2 heterocycles. The number of likely N-dealkylation sites (tertiary alicyclic amines) is 1. The Hall–Kier alpha value is -0.770. The molecule has 8 heteroatoms. The summed E-state index contributed by atoms with van der Waals surface area (Å²) in [7, 11) is 5.52. The number of hydrogen-bond donors (Lipinski definition) is 0. The maximum atomic E-state index is 12.8. The summed E-state index contributed by atoms with van der Waals surface area (Å²) in [6.45, 7) is 8.34. The molecule has 0 amide bonds. The molecular formula is C27H41NO7. The smallest absolute Gasteiger partial charge is 0.303 e. The van der Waals surface area contributed by atoms with Crippen LogP contribution in [0.25, 0.3) is 0 Å². The van der Waals surface area contributed by atoms with E-state index in [0.717, 1.165) is 38.8 Å². The van der Waals surface area contributed by atoms with Crippen molar-refractivity contribution in [3.05, 3.63) is 0 Å². The molecule has 35 heavy (non-hydrogen) atoms. The molecule has 0 radical (unpaired) electrons. The summed E-state index contributed by atoms with van der Waals surface area (Å²) in [5, 5.41) is 0. The van der Waals surface area contributed by atoms with E-state index in [9.17, 15) is 4.79 Å². The second-order valence-corrected chi connectivity index (χ2v) is 12.7. The fourth-order valence-electron chi connectivity index (χ4n) is 11.7. The molecule has 7 rings (SSSR count). The lowest BCUT2D eigenvalue weighted by molar-refractivity contribution is -0.282. The minimum absolute atomic E-state index is 0.00174. The van der Waals surface area contributed by atoms with E-state index >= 15 is 0 Å². The van der Waals surface area contributed by atoms with Gasteiger partial charge < -0.3 is 28.4 Å². The second kappa shape index (κ2) is 7.20. The molecule has 7 aliphatic rings. The largest absolute Gasteiger partial charge is 0.459 e. The summed E-state index contributed by atoms with van der Waals surface area (Å²) in [5.74, 6) is 0.698. The highest BCUT2D eigenvalue weighted by Crippen LogP contribution is 2.82. The van der Waals surface area contributed by atoms with Gasteiger partial charge in [-0.1, -0.05) is 13.8 Å². The van der Waals surface area contributed by atoms with Gasteiger partial charge in [-0.2, -0.15) is 0 Å². The zero-order chi connectivity index (χ0) is 24.5. The number of carbonyl (C=O) groups is 1. The highest BCUT2D eigenvalue weighted by Gasteiger charge is 2.94. The number of rotatable bonds is 5. The van der Waals surface area contributed by atoms with Crippen molar-refractivity contribution in [2.75, 3.05) is 41.2 Å². The number of nitrogens with zero attached hydrogens (tertiary/aromatic N) is 1. The molecular weight excluding hydrogens is 450 g/mol. The van der Waals surface area contributed by atoms with Crippen molar-refractivity contribution >= 4 is 5.97 Å². The fourth-order valence-corrected chi connectivity index (χ4v) is 11.7. The molecule has 7 bridgehead atoms. The van der Waals surface area contributed by atoms with E-state index in [4.69, 9.17) is 28.4 Å². The quantitative estimate of drug-likeness (QED) is 0.542. The third kappa shape index (κ3) is 2.24. The van der Waals surface area contributed by atoms with Gasteiger partial charge in [-0.3, -0.25) is 9.69 Å². The molecule has 0 aromatic heterocycles. The number of likely N-dealkylation sites (N-methyl/N-ethyl adjacent to an activating group) is 1. The number of esters is 1. The maximum Gasteiger partial charge on any atom is 0.303 e. The standard InChI is InChI=1S/C27H41NO7/c1-7-28-12-24(3)9-8-18(31-5)26-16-10-15-17(30-4)11-25(19(16)20(15)32-6)27(23(26)28,34-13-33-25)22(21(24)26)35-14(2)29/h15-23H,7-13H2,1-6H3/t15-,16-,17+,18+,19-,20+,21-,22+,23+,24+,25-,26+,27-/m1/s1. The molecule has 2 saturated heterocycles. The van der Waals surface area contributed by atoms with E-state index in [0.29, 0.717) is 11.8 Å². The van der Waals surface area contributed by atoms with Crippen LogP contribution in [0, 0.1) is 34.5 Å². The number of methoxy groups -OCH3 is 3. The van der Waals surface area contributed by atoms with Crippen LogP contribution in [0.3, 0.4) is 0 Å². The average Bonchev–Trinajstić information content (AvgIpc) is 3.41. The van der Waals surface area contributed by atoms with Gasteiger partial charge in [-0.25, -0.2) is 0 Å². The monoisotopic (exact) mass is 491 g/mol. The van der Waals surface area contributed by atoms with Gasteiger partial charge in [0.05, 0.1) is 24.4 Å². The minimum atomic E-state index is -0.776. The van der Waals surface area contributed by atoms with E-state index in [-0.39, 0.29) is 65.9 Å². The van der Waals surface area contributed by atoms with Crippen molar-refractivity contribution in [3.8, 4) is 0 Å². The first-order chi connectivity index (χ1) is 16.8. The molecule has 2 aliphatic heterocycles. The lowest BCUT2D eigenvalue weighted by Crippen LogP contribution is -2.81. The van der Waals surface area contributed by atoms with Crippen molar-refractivity contribution in [3.63, 3.8) is 0 Å². The molecule has 0 aromatic rings. The van der Waals surface area contributed by atoms with Crippen LogP contribution < -0.4 is 0 Å². The molecule has 5 aliphatic carbocycles. The highest BCUT2D eigenvalue weighted by molar-refractivity contribution is 5.67. The zero-order valence-corrected chi connectivity index (χ0v) is 22.0. The van der Waals surface area contributed by atoms with Crippen molar-refractivity contribution in [2.24, 2.45) is 34.5 Å². The summed E-state index contributed by atoms with van der Waals surface area (Å²) >= 11 is 0. The topological polar surface area (TPSA) is 75.7 Å². The normalized spacial score (nSPS) is 59.4. The Bertz CT molecular complexity index is 931. The van der Waals surface area contributed by atoms with Crippen LogP contribution in [0.4, 0.5) is 0 Å². The van der Waals surface area contributed by atoms with Crippen LogP contribution >= 0.6 is 0 Å². The van der Waals surface area contributed by atoms with E-state index in [2.05, 4.69) is 18.7 Å². The third-order valence-electron chi connectivity index (χ3n) is 12.1. The van der Waals surface area contributed by atoms with E-state index in [1.165, 1.54) is 0 Å². The van der Waals surface area contributed by atoms with E-state index in [1.807, 2.05) is 21.3 Å². The Kier molecular flexibility index (Phi) is 4.81.